The molecule has 0 atom stereocenters. The number of hydrogen-bond acceptors (Lipinski definition) is 1. The van der Waals surface area contributed by atoms with Gasteiger partial charge in [0, 0.05) is 16.5 Å². The first-order chi connectivity index (χ1) is 10.3. The summed E-state index contributed by atoms with van der Waals surface area (Å²) in [5.74, 6) is 0. The van der Waals surface area contributed by atoms with Crippen LogP contribution in [0.4, 0.5) is 5.69 Å². The summed E-state index contributed by atoms with van der Waals surface area (Å²) in [4.78, 5) is 0. The molecule has 5 rings (SSSR count). The van der Waals surface area contributed by atoms with Crippen LogP contribution in [0.15, 0.2) is 66.7 Å². The lowest BCUT2D eigenvalue weighted by molar-refractivity contribution is 1.77. The van der Waals surface area contributed by atoms with Crippen molar-refractivity contribution in [3.05, 3.63) is 66.7 Å². The molecule has 98 valence electrons. The van der Waals surface area contributed by atoms with Gasteiger partial charge in [0.05, 0.1) is 0 Å². The van der Waals surface area contributed by atoms with E-state index < -0.39 is 0 Å². The van der Waals surface area contributed by atoms with Crippen molar-refractivity contribution in [2.75, 3.05) is 5.73 Å². The van der Waals surface area contributed by atoms with Crippen LogP contribution in [0.3, 0.4) is 0 Å². The Morgan fingerprint density at radius 1 is 0.524 bits per heavy atom. The lowest BCUT2D eigenvalue weighted by atomic mass is 9.90. The second-order valence-corrected chi connectivity index (χ2v) is 5.68. The Kier molecular flexibility index (Phi) is 1.90. The first-order valence-electron chi connectivity index (χ1n) is 7.18. The van der Waals surface area contributed by atoms with Gasteiger partial charge in [-0.1, -0.05) is 54.6 Å². The molecule has 2 N–H and O–H groups in total. The summed E-state index contributed by atoms with van der Waals surface area (Å²) in [5, 5.41) is 10.1. The zero-order chi connectivity index (χ0) is 14.0. The molecule has 1 heteroatoms. The lowest BCUT2D eigenvalue weighted by Crippen LogP contribution is -1.91. The molecular formula is C20H13N. The molecule has 5 aromatic carbocycles. The molecule has 0 spiro atoms. The van der Waals surface area contributed by atoms with Gasteiger partial charge in [-0.05, 0) is 44.5 Å². The van der Waals surface area contributed by atoms with E-state index in [1.54, 1.807) is 0 Å². The molecule has 5 aromatic rings. The van der Waals surface area contributed by atoms with Gasteiger partial charge in [0.25, 0.3) is 0 Å². The minimum absolute atomic E-state index is 0.858. The average molecular weight is 267 g/mol. The van der Waals surface area contributed by atoms with Gasteiger partial charge in [-0.2, -0.15) is 0 Å². The van der Waals surface area contributed by atoms with Gasteiger partial charge in [-0.15, -0.1) is 0 Å². The van der Waals surface area contributed by atoms with Crippen LogP contribution in [0, 0.1) is 0 Å². The average Bonchev–Trinajstić information content (AvgIpc) is 2.53. The fraction of sp³-hybridized carbons (Fsp3) is 0. The summed E-state index contributed by atoms with van der Waals surface area (Å²) in [6.45, 7) is 0. The molecule has 0 aliphatic carbocycles. The highest BCUT2D eigenvalue weighted by atomic mass is 14.6. The number of fused-ring (bicyclic) bond motifs is 2. The Hall–Kier alpha value is -2.80. The fourth-order valence-corrected chi connectivity index (χ4v) is 3.60. The predicted molar refractivity (Wildman–Crippen MR) is 92.1 cm³/mol. The number of anilines is 1. The zero-order valence-electron chi connectivity index (χ0n) is 11.4. The van der Waals surface area contributed by atoms with Gasteiger partial charge in [-0.3, -0.25) is 0 Å². The first kappa shape index (κ1) is 10.9. The van der Waals surface area contributed by atoms with Crippen molar-refractivity contribution in [1.82, 2.24) is 0 Å². The second-order valence-electron chi connectivity index (χ2n) is 5.68. The molecule has 0 radical (unpaired) electrons. The number of benzene rings is 5. The molecule has 0 heterocycles. The van der Waals surface area contributed by atoms with Crippen LogP contribution >= 0.6 is 0 Å². The van der Waals surface area contributed by atoms with Crippen LogP contribution in [0.5, 0.6) is 0 Å². The molecule has 1 nitrogen and oxygen atoms in total. The highest BCUT2D eigenvalue weighted by Crippen LogP contribution is 2.40. The molecule has 0 unspecified atom stereocenters. The maximum Gasteiger partial charge on any atom is 0.0400 e. The van der Waals surface area contributed by atoms with E-state index in [0.717, 1.165) is 11.1 Å². The molecule has 0 fully saturated rings. The van der Waals surface area contributed by atoms with Crippen LogP contribution in [0.1, 0.15) is 0 Å². The fourth-order valence-electron chi connectivity index (χ4n) is 3.60. The zero-order valence-corrected chi connectivity index (χ0v) is 11.4. The SMILES string of the molecule is Nc1cc2cccc3ccc4c5ccccc5cc1c4c32. The van der Waals surface area contributed by atoms with Crippen LogP contribution in [-0.4, -0.2) is 0 Å². The van der Waals surface area contributed by atoms with Crippen molar-refractivity contribution in [2.24, 2.45) is 0 Å². The summed E-state index contributed by atoms with van der Waals surface area (Å²) in [6.07, 6.45) is 0. The molecule has 0 bridgehead atoms. The van der Waals surface area contributed by atoms with Gasteiger partial charge in [0.15, 0.2) is 0 Å². The van der Waals surface area contributed by atoms with Gasteiger partial charge >= 0.3 is 0 Å². The Balaban J connectivity index is 2.25. The van der Waals surface area contributed by atoms with E-state index in [1.165, 1.54) is 37.7 Å². The van der Waals surface area contributed by atoms with E-state index in [4.69, 9.17) is 5.73 Å². The van der Waals surface area contributed by atoms with Crippen molar-refractivity contribution in [1.29, 1.82) is 0 Å². The van der Waals surface area contributed by atoms with Crippen molar-refractivity contribution in [2.45, 2.75) is 0 Å². The van der Waals surface area contributed by atoms with E-state index in [1.807, 2.05) is 0 Å². The Morgan fingerprint density at radius 3 is 2.29 bits per heavy atom. The molecular weight excluding hydrogens is 254 g/mol. The highest BCUT2D eigenvalue weighted by Gasteiger charge is 2.12. The minimum atomic E-state index is 0.858. The quantitative estimate of drug-likeness (QED) is 0.229. The molecule has 0 aliphatic rings. The highest BCUT2D eigenvalue weighted by molar-refractivity contribution is 6.31. The standard InChI is InChI=1S/C20H13N/c21-18-11-14-6-3-5-12-8-9-16-15-7-2-1-4-13(15)10-17(18)20(16)19(12)14/h1-11H,21H2. The normalized spacial score (nSPS) is 12.0. The minimum Gasteiger partial charge on any atom is -0.398 e. The summed E-state index contributed by atoms with van der Waals surface area (Å²) in [7, 11) is 0. The smallest absolute Gasteiger partial charge is 0.0400 e. The van der Waals surface area contributed by atoms with Gasteiger partial charge in [0.1, 0.15) is 0 Å². The number of hydrogen-bond donors (Lipinski definition) is 1. The van der Waals surface area contributed by atoms with Gasteiger partial charge < -0.3 is 5.73 Å². The second kappa shape index (κ2) is 3.64. The number of rotatable bonds is 0. The Labute approximate surface area is 121 Å². The van der Waals surface area contributed by atoms with Crippen molar-refractivity contribution in [3.63, 3.8) is 0 Å². The van der Waals surface area contributed by atoms with E-state index in [-0.39, 0.29) is 0 Å². The van der Waals surface area contributed by atoms with E-state index in [2.05, 4.69) is 66.7 Å². The van der Waals surface area contributed by atoms with Crippen molar-refractivity contribution < 1.29 is 0 Å². The monoisotopic (exact) mass is 267 g/mol. The molecule has 0 aliphatic heterocycles. The Bertz CT molecular complexity index is 1140. The van der Waals surface area contributed by atoms with Crippen LogP contribution in [-0.2, 0) is 0 Å². The molecule has 21 heavy (non-hydrogen) atoms. The maximum absolute atomic E-state index is 6.33. The largest absolute Gasteiger partial charge is 0.398 e. The van der Waals surface area contributed by atoms with E-state index in [9.17, 15) is 0 Å². The van der Waals surface area contributed by atoms with E-state index in [0.29, 0.717) is 0 Å². The third kappa shape index (κ3) is 1.30. The maximum atomic E-state index is 6.33. The molecule has 0 saturated heterocycles. The van der Waals surface area contributed by atoms with Gasteiger partial charge in [0.2, 0.25) is 0 Å². The van der Waals surface area contributed by atoms with E-state index >= 15 is 0 Å². The van der Waals surface area contributed by atoms with Crippen LogP contribution in [0.25, 0.3) is 43.1 Å². The van der Waals surface area contributed by atoms with Crippen molar-refractivity contribution in [3.8, 4) is 0 Å². The Morgan fingerprint density at radius 2 is 1.33 bits per heavy atom. The summed E-state index contributed by atoms with van der Waals surface area (Å²) in [6, 6.07) is 23.7. The topological polar surface area (TPSA) is 26.0 Å². The first-order valence-corrected chi connectivity index (χ1v) is 7.18. The molecule has 0 aromatic heterocycles. The number of nitrogen functional groups attached to an aromatic ring is 1. The lowest BCUT2D eigenvalue weighted by Gasteiger charge is -2.14. The third-order valence-corrected chi connectivity index (χ3v) is 4.52. The predicted octanol–water partition coefficient (Wildman–Crippen LogP) is 5.32. The number of nitrogens with two attached hydrogens (primary N) is 1. The molecule has 0 saturated carbocycles. The molecule has 0 amide bonds. The van der Waals surface area contributed by atoms with Crippen LogP contribution in [0.2, 0.25) is 0 Å². The van der Waals surface area contributed by atoms with Gasteiger partial charge in [-0.25, -0.2) is 0 Å². The van der Waals surface area contributed by atoms with Crippen molar-refractivity contribution >= 4 is 48.8 Å². The third-order valence-electron chi connectivity index (χ3n) is 4.52. The summed E-state index contributed by atoms with van der Waals surface area (Å²) >= 11 is 0. The summed E-state index contributed by atoms with van der Waals surface area (Å²) < 4.78 is 0. The summed E-state index contributed by atoms with van der Waals surface area (Å²) in [5.41, 5.74) is 7.19. The van der Waals surface area contributed by atoms with Crippen LogP contribution < -0.4 is 5.73 Å².